The van der Waals surface area contributed by atoms with E-state index in [2.05, 4.69) is 12.2 Å². The van der Waals surface area contributed by atoms with Crippen LogP contribution in [-0.2, 0) is 11.2 Å². The summed E-state index contributed by atoms with van der Waals surface area (Å²) in [4.78, 5) is 0. The molecule has 1 aromatic rings. The molecule has 3 nitrogen and oxygen atoms in total. The zero-order chi connectivity index (χ0) is 14.3. The molecule has 1 N–H and O–H groups in total. The van der Waals surface area contributed by atoms with Crippen molar-refractivity contribution in [2.24, 2.45) is 0 Å². The Morgan fingerprint density at radius 2 is 2.05 bits per heavy atom. The van der Waals surface area contributed by atoms with Crippen LogP contribution in [0.15, 0.2) is 18.2 Å². The third-order valence-corrected chi connectivity index (χ3v) is 3.07. The van der Waals surface area contributed by atoms with Gasteiger partial charge in [-0.1, -0.05) is 18.5 Å². The largest absolute Gasteiger partial charge is 0.496 e. The predicted octanol–water partition coefficient (Wildman–Crippen LogP) is 3.29. The maximum absolute atomic E-state index is 6.05. The molecule has 0 amide bonds. The second kappa shape index (κ2) is 8.41. The molecular weight excluding hydrogens is 262 g/mol. The minimum absolute atomic E-state index is 0.238. The van der Waals surface area contributed by atoms with Crippen molar-refractivity contribution in [3.05, 3.63) is 28.8 Å². The Labute approximate surface area is 121 Å². The van der Waals surface area contributed by atoms with Gasteiger partial charge >= 0.3 is 0 Å². The molecule has 1 unspecified atom stereocenters. The monoisotopic (exact) mass is 285 g/mol. The number of rotatable bonds is 8. The van der Waals surface area contributed by atoms with Crippen molar-refractivity contribution >= 4 is 11.6 Å². The van der Waals surface area contributed by atoms with Crippen LogP contribution in [0.3, 0.4) is 0 Å². The molecule has 0 heterocycles. The Morgan fingerprint density at radius 1 is 1.32 bits per heavy atom. The molecule has 1 aromatic carbocycles. The van der Waals surface area contributed by atoms with Gasteiger partial charge in [0.05, 0.1) is 19.8 Å². The van der Waals surface area contributed by atoms with E-state index >= 15 is 0 Å². The van der Waals surface area contributed by atoms with Gasteiger partial charge in [-0.05, 0) is 50.6 Å². The molecule has 108 valence electrons. The third kappa shape index (κ3) is 5.81. The Bertz CT molecular complexity index is 382. The molecule has 0 aliphatic carbocycles. The lowest BCUT2D eigenvalue weighted by molar-refractivity contribution is 0.0615. The summed E-state index contributed by atoms with van der Waals surface area (Å²) in [6.45, 7) is 7.78. The molecular formula is C15H24ClNO2. The highest BCUT2D eigenvalue weighted by atomic mass is 35.5. The normalized spacial score (nSPS) is 12.7. The lowest BCUT2D eigenvalue weighted by Gasteiger charge is -2.20. The van der Waals surface area contributed by atoms with Crippen molar-refractivity contribution < 1.29 is 9.47 Å². The van der Waals surface area contributed by atoms with Gasteiger partial charge in [0.15, 0.2) is 0 Å². The molecule has 0 saturated heterocycles. The van der Waals surface area contributed by atoms with Gasteiger partial charge in [0, 0.05) is 11.1 Å². The van der Waals surface area contributed by atoms with Crippen LogP contribution in [0.5, 0.6) is 5.75 Å². The average Bonchev–Trinajstić information content (AvgIpc) is 2.36. The fourth-order valence-electron chi connectivity index (χ4n) is 1.96. The zero-order valence-corrected chi connectivity index (χ0v) is 13.0. The molecule has 1 rings (SSSR count). The number of hydrogen-bond donors (Lipinski definition) is 1. The van der Waals surface area contributed by atoms with E-state index in [1.165, 1.54) is 0 Å². The van der Waals surface area contributed by atoms with Gasteiger partial charge in [0.25, 0.3) is 0 Å². The van der Waals surface area contributed by atoms with E-state index in [1.54, 1.807) is 7.11 Å². The standard InChI is InChI=1S/C15H24ClNO2/c1-5-17-14(10-19-11(2)3)9-12-8-13(16)6-7-15(12)18-4/h6-8,11,14,17H,5,9-10H2,1-4H3. The van der Waals surface area contributed by atoms with E-state index in [1.807, 2.05) is 32.0 Å². The molecule has 4 heteroatoms. The molecule has 0 saturated carbocycles. The summed E-state index contributed by atoms with van der Waals surface area (Å²) in [5, 5.41) is 4.17. The molecule has 0 aliphatic heterocycles. The molecule has 0 aliphatic rings. The topological polar surface area (TPSA) is 30.5 Å². The number of halogens is 1. The van der Waals surface area contributed by atoms with Gasteiger partial charge in [0.2, 0.25) is 0 Å². The molecule has 1 atom stereocenters. The fourth-order valence-corrected chi connectivity index (χ4v) is 2.15. The van der Waals surface area contributed by atoms with Gasteiger partial charge in [-0.2, -0.15) is 0 Å². The van der Waals surface area contributed by atoms with Crippen LogP contribution in [0.25, 0.3) is 0 Å². The number of benzene rings is 1. The van der Waals surface area contributed by atoms with Crippen LogP contribution < -0.4 is 10.1 Å². The quantitative estimate of drug-likeness (QED) is 0.795. The summed E-state index contributed by atoms with van der Waals surface area (Å²) in [6.07, 6.45) is 1.08. The Hall–Kier alpha value is -0.770. The van der Waals surface area contributed by atoms with E-state index in [9.17, 15) is 0 Å². The summed E-state index contributed by atoms with van der Waals surface area (Å²) >= 11 is 6.05. The molecule has 0 bridgehead atoms. The predicted molar refractivity (Wildman–Crippen MR) is 80.3 cm³/mol. The third-order valence-electron chi connectivity index (χ3n) is 2.83. The first kappa shape index (κ1) is 16.3. The van der Waals surface area contributed by atoms with Crippen LogP contribution in [-0.4, -0.2) is 32.4 Å². The van der Waals surface area contributed by atoms with Gasteiger partial charge in [0.1, 0.15) is 5.75 Å². The highest BCUT2D eigenvalue weighted by Crippen LogP contribution is 2.24. The second-order valence-electron chi connectivity index (χ2n) is 4.80. The van der Waals surface area contributed by atoms with Crippen molar-refractivity contribution in [3.8, 4) is 5.75 Å². The summed E-state index contributed by atoms with van der Waals surface area (Å²) < 4.78 is 11.1. The van der Waals surface area contributed by atoms with E-state index < -0.39 is 0 Å². The van der Waals surface area contributed by atoms with E-state index in [-0.39, 0.29) is 12.1 Å². The summed E-state index contributed by atoms with van der Waals surface area (Å²) in [5.74, 6) is 0.872. The Balaban J connectivity index is 2.74. The highest BCUT2D eigenvalue weighted by molar-refractivity contribution is 6.30. The number of nitrogens with one attached hydrogen (secondary N) is 1. The Kier molecular flexibility index (Phi) is 7.21. The number of likely N-dealkylation sites (N-methyl/N-ethyl adjacent to an activating group) is 1. The average molecular weight is 286 g/mol. The minimum Gasteiger partial charge on any atom is -0.496 e. The number of methoxy groups -OCH3 is 1. The van der Waals surface area contributed by atoms with Crippen LogP contribution in [0, 0.1) is 0 Å². The number of ether oxygens (including phenoxy) is 2. The molecule has 0 radical (unpaired) electrons. The minimum atomic E-state index is 0.238. The van der Waals surface area contributed by atoms with E-state index in [0.717, 1.165) is 29.3 Å². The van der Waals surface area contributed by atoms with Crippen molar-refractivity contribution in [3.63, 3.8) is 0 Å². The van der Waals surface area contributed by atoms with Crippen molar-refractivity contribution in [2.45, 2.75) is 39.3 Å². The van der Waals surface area contributed by atoms with E-state index in [0.29, 0.717) is 6.61 Å². The van der Waals surface area contributed by atoms with Gasteiger partial charge in [-0.25, -0.2) is 0 Å². The first-order valence-corrected chi connectivity index (χ1v) is 7.12. The maximum Gasteiger partial charge on any atom is 0.122 e. The SMILES string of the molecule is CCNC(COC(C)C)Cc1cc(Cl)ccc1OC. The lowest BCUT2D eigenvalue weighted by atomic mass is 10.1. The molecule has 0 aromatic heterocycles. The molecule has 19 heavy (non-hydrogen) atoms. The first-order chi connectivity index (χ1) is 9.06. The highest BCUT2D eigenvalue weighted by Gasteiger charge is 2.13. The van der Waals surface area contributed by atoms with Crippen molar-refractivity contribution in [1.29, 1.82) is 0 Å². The van der Waals surface area contributed by atoms with Crippen molar-refractivity contribution in [2.75, 3.05) is 20.3 Å². The van der Waals surface area contributed by atoms with E-state index in [4.69, 9.17) is 21.1 Å². The summed E-state index contributed by atoms with van der Waals surface area (Å²) in [5.41, 5.74) is 1.10. The smallest absolute Gasteiger partial charge is 0.122 e. The molecule has 0 spiro atoms. The summed E-state index contributed by atoms with van der Waals surface area (Å²) in [7, 11) is 1.68. The fraction of sp³-hybridized carbons (Fsp3) is 0.600. The second-order valence-corrected chi connectivity index (χ2v) is 5.23. The van der Waals surface area contributed by atoms with Crippen LogP contribution in [0.2, 0.25) is 5.02 Å². The van der Waals surface area contributed by atoms with Crippen LogP contribution in [0.4, 0.5) is 0 Å². The zero-order valence-electron chi connectivity index (χ0n) is 12.2. The van der Waals surface area contributed by atoms with Crippen LogP contribution >= 0.6 is 11.6 Å². The number of hydrogen-bond acceptors (Lipinski definition) is 3. The first-order valence-electron chi connectivity index (χ1n) is 6.74. The maximum atomic E-state index is 6.05. The Morgan fingerprint density at radius 3 is 2.63 bits per heavy atom. The van der Waals surface area contributed by atoms with Crippen molar-refractivity contribution in [1.82, 2.24) is 5.32 Å². The van der Waals surface area contributed by atoms with Gasteiger partial charge in [-0.3, -0.25) is 0 Å². The van der Waals surface area contributed by atoms with Gasteiger partial charge in [-0.15, -0.1) is 0 Å². The molecule has 0 fully saturated rings. The van der Waals surface area contributed by atoms with Gasteiger partial charge < -0.3 is 14.8 Å². The van der Waals surface area contributed by atoms with Crippen LogP contribution in [0.1, 0.15) is 26.3 Å². The lowest BCUT2D eigenvalue weighted by Crippen LogP contribution is -2.36. The summed E-state index contributed by atoms with van der Waals surface area (Å²) in [6, 6.07) is 5.97.